The first-order chi connectivity index (χ1) is 11.6. The molecule has 1 fully saturated rings. The maximum absolute atomic E-state index is 12.9. The Morgan fingerprint density at radius 1 is 1.42 bits per heavy atom. The molecule has 5 nitrogen and oxygen atoms in total. The number of fused-ring (bicyclic) bond motifs is 5. The van der Waals surface area contributed by atoms with E-state index in [1.54, 1.807) is 6.08 Å². The minimum atomic E-state index is -0.853. The molecule has 0 radical (unpaired) electrons. The van der Waals surface area contributed by atoms with Gasteiger partial charge in [0.05, 0.1) is 12.5 Å². The normalized spacial score (nSPS) is 25.0. The summed E-state index contributed by atoms with van der Waals surface area (Å²) in [6.07, 6.45) is 3.29. The maximum atomic E-state index is 12.9. The molecule has 2 N–H and O–H groups in total. The number of allylic oxidation sites excluding steroid dienone is 1. The molecule has 0 bridgehead atoms. The summed E-state index contributed by atoms with van der Waals surface area (Å²) in [4.78, 5) is 29.5. The van der Waals surface area contributed by atoms with Crippen LogP contribution in [0.3, 0.4) is 0 Å². The third-order valence-corrected chi connectivity index (χ3v) is 5.35. The minimum Gasteiger partial charge on any atom is -0.481 e. The second-order valence-electron chi connectivity index (χ2n) is 6.60. The summed E-state index contributed by atoms with van der Waals surface area (Å²) in [5.74, 6) is -1.09. The highest BCUT2D eigenvalue weighted by atomic mass is 16.4. The Kier molecular flexibility index (Phi) is 3.44. The van der Waals surface area contributed by atoms with E-state index in [2.05, 4.69) is 17.1 Å². The molecule has 2 aliphatic heterocycles. The van der Waals surface area contributed by atoms with Crippen molar-refractivity contribution in [3.63, 3.8) is 0 Å². The molecular weight excluding hydrogens is 304 g/mol. The van der Waals surface area contributed by atoms with Crippen LogP contribution in [0.5, 0.6) is 0 Å². The predicted octanol–water partition coefficient (Wildman–Crippen LogP) is 3.03. The van der Waals surface area contributed by atoms with E-state index in [1.165, 1.54) is 10.9 Å². The third kappa shape index (κ3) is 2.15. The fourth-order valence-corrected chi connectivity index (χ4v) is 4.31. The number of benzene rings is 1. The summed E-state index contributed by atoms with van der Waals surface area (Å²) >= 11 is 0. The van der Waals surface area contributed by atoms with Gasteiger partial charge in [-0.2, -0.15) is 0 Å². The average Bonchev–Trinajstić information content (AvgIpc) is 2.94. The molecule has 24 heavy (non-hydrogen) atoms. The highest BCUT2D eigenvalue weighted by Gasteiger charge is 2.42. The number of amides is 1. The molecule has 0 saturated carbocycles. The van der Waals surface area contributed by atoms with E-state index < -0.39 is 5.97 Å². The fourth-order valence-electron chi connectivity index (χ4n) is 4.31. The van der Waals surface area contributed by atoms with Crippen LogP contribution in [0.15, 0.2) is 35.9 Å². The largest absolute Gasteiger partial charge is 0.481 e. The number of aromatic amines is 1. The molecule has 2 aromatic rings. The Bertz CT molecular complexity index is 865. The van der Waals surface area contributed by atoms with Gasteiger partial charge in [0, 0.05) is 34.6 Å². The number of carbonyl (C=O) groups is 2. The molecule has 5 heteroatoms. The lowest BCUT2D eigenvalue weighted by atomic mass is 9.80. The van der Waals surface area contributed by atoms with Gasteiger partial charge >= 0.3 is 5.97 Å². The summed E-state index contributed by atoms with van der Waals surface area (Å²) < 4.78 is 0. The van der Waals surface area contributed by atoms with Crippen LogP contribution in [0.2, 0.25) is 0 Å². The number of hydrogen-bond donors (Lipinski definition) is 2. The number of piperidine rings is 1. The molecule has 4 rings (SSSR count). The molecule has 1 saturated heterocycles. The highest BCUT2D eigenvalue weighted by molar-refractivity contribution is 5.96. The van der Waals surface area contributed by atoms with E-state index in [-0.39, 0.29) is 24.3 Å². The van der Waals surface area contributed by atoms with E-state index >= 15 is 0 Å². The van der Waals surface area contributed by atoms with Crippen LogP contribution in [-0.4, -0.2) is 33.4 Å². The van der Waals surface area contributed by atoms with E-state index in [4.69, 9.17) is 0 Å². The van der Waals surface area contributed by atoms with Crippen molar-refractivity contribution < 1.29 is 14.7 Å². The van der Waals surface area contributed by atoms with Crippen LogP contribution in [0.4, 0.5) is 0 Å². The Hall–Kier alpha value is -2.56. The molecule has 2 aliphatic rings. The van der Waals surface area contributed by atoms with Crippen molar-refractivity contribution in [1.82, 2.24) is 9.88 Å². The van der Waals surface area contributed by atoms with Crippen LogP contribution in [0.25, 0.3) is 10.9 Å². The van der Waals surface area contributed by atoms with Crippen molar-refractivity contribution >= 4 is 22.8 Å². The molecule has 124 valence electrons. The van der Waals surface area contributed by atoms with E-state index in [1.807, 2.05) is 24.0 Å². The van der Waals surface area contributed by atoms with Gasteiger partial charge in [-0.1, -0.05) is 24.3 Å². The number of nitrogens with zero attached hydrogens (tertiary/aromatic N) is 1. The lowest BCUT2D eigenvalue weighted by Gasteiger charge is -2.43. The van der Waals surface area contributed by atoms with Crippen LogP contribution in [-0.2, 0) is 16.0 Å². The number of H-pyrrole nitrogens is 1. The fraction of sp³-hybridized carbons (Fsp3) is 0.368. The van der Waals surface area contributed by atoms with E-state index in [0.717, 1.165) is 17.6 Å². The van der Waals surface area contributed by atoms with Gasteiger partial charge in [0.15, 0.2) is 0 Å². The van der Waals surface area contributed by atoms with Crippen molar-refractivity contribution in [2.24, 2.45) is 5.92 Å². The standard InChI is InChI=1S/C19H20N2O3/c1-2-12-11(10-17(22)23)9-16-18-14(7-8-21(16)19(12)24)13-5-3-4-6-15(13)20-18/h2-6,11,16,20H,7-10H2,1H3,(H,22,23)/b12-2+/t11-,16+/m1/s1. The first kappa shape index (κ1) is 15.0. The van der Waals surface area contributed by atoms with Crippen molar-refractivity contribution in [2.75, 3.05) is 6.54 Å². The van der Waals surface area contributed by atoms with Crippen molar-refractivity contribution in [1.29, 1.82) is 0 Å². The van der Waals surface area contributed by atoms with E-state index in [9.17, 15) is 14.7 Å². The zero-order valence-electron chi connectivity index (χ0n) is 13.6. The summed E-state index contributed by atoms with van der Waals surface area (Å²) in [6, 6.07) is 8.13. The van der Waals surface area contributed by atoms with Gasteiger partial charge in [-0.3, -0.25) is 9.59 Å². The van der Waals surface area contributed by atoms with Gasteiger partial charge in [-0.05, 0) is 31.4 Å². The second kappa shape index (κ2) is 5.51. The lowest BCUT2D eigenvalue weighted by molar-refractivity contribution is -0.139. The van der Waals surface area contributed by atoms with Gasteiger partial charge < -0.3 is 15.0 Å². The van der Waals surface area contributed by atoms with Crippen LogP contribution < -0.4 is 0 Å². The first-order valence-corrected chi connectivity index (χ1v) is 8.38. The highest BCUT2D eigenvalue weighted by Crippen LogP contribution is 2.44. The molecule has 3 heterocycles. The number of nitrogens with one attached hydrogen (secondary N) is 1. The van der Waals surface area contributed by atoms with Gasteiger partial charge in [-0.25, -0.2) is 0 Å². The van der Waals surface area contributed by atoms with Crippen molar-refractivity contribution in [2.45, 2.75) is 32.2 Å². The van der Waals surface area contributed by atoms with Gasteiger partial charge in [0.1, 0.15) is 0 Å². The van der Waals surface area contributed by atoms with Crippen LogP contribution in [0.1, 0.15) is 37.1 Å². The number of carboxylic acids is 1. The summed E-state index contributed by atoms with van der Waals surface area (Å²) in [7, 11) is 0. The molecule has 0 spiro atoms. The topological polar surface area (TPSA) is 73.4 Å². The zero-order chi connectivity index (χ0) is 16.8. The molecular formula is C19H20N2O3. The number of carbonyl (C=O) groups excluding carboxylic acids is 1. The Balaban J connectivity index is 1.79. The zero-order valence-corrected chi connectivity index (χ0v) is 13.6. The number of aromatic nitrogens is 1. The number of hydrogen-bond acceptors (Lipinski definition) is 2. The third-order valence-electron chi connectivity index (χ3n) is 5.35. The first-order valence-electron chi connectivity index (χ1n) is 8.38. The summed E-state index contributed by atoms with van der Waals surface area (Å²) in [6.45, 7) is 2.51. The summed E-state index contributed by atoms with van der Waals surface area (Å²) in [5, 5.41) is 10.4. The number of rotatable bonds is 2. The predicted molar refractivity (Wildman–Crippen MR) is 90.6 cm³/mol. The van der Waals surface area contributed by atoms with Gasteiger partial charge in [-0.15, -0.1) is 0 Å². The van der Waals surface area contributed by atoms with Crippen molar-refractivity contribution in [3.05, 3.63) is 47.2 Å². The lowest BCUT2D eigenvalue weighted by Crippen LogP contribution is -2.46. The van der Waals surface area contributed by atoms with Gasteiger partial charge in [0.25, 0.3) is 0 Å². The smallest absolute Gasteiger partial charge is 0.303 e. The van der Waals surface area contributed by atoms with Gasteiger partial charge in [0.2, 0.25) is 5.91 Å². The minimum absolute atomic E-state index is 0.00527. The maximum Gasteiger partial charge on any atom is 0.303 e. The van der Waals surface area contributed by atoms with E-state index in [0.29, 0.717) is 18.5 Å². The van der Waals surface area contributed by atoms with Crippen LogP contribution >= 0.6 is 0 Å². The monoisotopic (exact) mass is 324 g/mol. The Morgan fingerprint density at radius 2 is 2.21 bits per heavy atom. The molecule has 1 aromatic carbocycles. The summed E-state index contributed by atoms with van der Waals surface area (Å²) in [5.41, 5.74) is 4.09. The number of carboxylic acid groups (broad SMARTS) is 1. The SMILES string of the molecule is C/C=C1/C(=O)N2CCc3c([nH]c4ccccc34)[C@@H]2C[C@@H]1CC(=O)O. The van der Waals surface area contributed by atoms with Crippen LogP contribution in [0, 0.1) is 5.92 Å². The number of aliphatic carboxylic acids is 1. The average molecular weight is 324 g/mol. The molecule has 0 aliphatic carbocycles. The number of para-hydroxylation sites is 1. The second-order valence-corrected chi connectivity index (χ2v) is 6.60. The molecule has 1 amide bonds. The molecule has 2 atom stereocenters. The Labute approximate surface area is 140 Å². The molecule has 0 unspecified atom stereocenters. The van der Waals surface area contributed by atoms with Crippen molar-refractivity contribution in [3.8, 4) is 0 Å². The quantitative estimate of drug-likeness (QED) is 0.834. The Morgan fingerprint density at radius 3 is 2.96 bits per heavy atom. The molecule has 1 aromatic heterocycles.